The second-order valence-corrected chi connectivity index (χ2v) is 2.56. The number of unbranched alkanes of at least 4 members (excludes halogenated alkanes) is 1. The lowest BCUT2D eigenvalue weighted by Crippen LogP contribution is -2.00. The Morgan fingerprint density at radius 3 is 2.85 bits per heavy atom. The Balaban J connectivity index is 2.44. The van der Waals surface area contributed by atoms with Crippen LogP contribution in [0.4, 0.5) is 0 Å². The molecule has 0 aliphatic rings. The van der Waals surface area contributed by atoms with Crippen molar-refractivity contribution in [2.24, 2.45) is 5.73 Å². The molecule has 0 aliphatic heterocycles. The van der Waals surface area contributed by atoms with Crippen molar-refractivity contribution in [1.29, 1.82) is 0 Å². The molecule has 1 aromatic heterocycles. The molecule has 0 saturated heterocycles. The van der Waals surface area contributed by atoms with Gasteiger partial charge in [0, 0.05) is 6.42 Å². The zero-order chi connectivity index (χ0) is 9.68. The maximum Gasteiger partial charge on any atom is 0.377 e. The SMILES string of the molecule is NCCCCc1nc(C(=O)O)no1. The number of nitrogens with two attached hydrogens (primary N) is 1. The molecule has 0 aromatic carbocycles. The van der Waals surface area contributed by atoms with Crippen LogP contribution in [0.5, 0.6) is 0 Å². The van der Waals surface area contributed by atoms with Gasteiger partial charge in [-0.2, -0.15) is 4.98 Å². The molecule has 1 rings (SSSR count). The van der Waals surface area contributed by atoms with Crippen LogP contribution in [0.25, 0.3) is 0 Å². The highest BCUT2D eigenvalue weighted by molar-refractivity contribution is 5.82. The Morgan fingerprint density at radius 1 is 1.54 bits per heavy atom. The van der Waals surface area contributed by atoms with Gasteiger partial charge in [0.15, 0.2) is 0 Å². The van der Waals surface area contributed by atoms with E-state index in [-0.39, 0.29) is 5.82 Å². The molecule has 0 aliphatic carbocycles. The van der Waals surface area contributed by atoms with Crippen molar-refractivity contribution < 1.29 is 14.4 Å². The lowest BCUT2D eigenvalue weighted by molar-refractivity contribution is 0.0680. The third kappa shape index (κ3) is 2.83. The number of carbonyl (C=O) groups is 1. The van der Waals surface area contributed by atoms with Crippen LogP contribution in [0, 0.1) is 0 Å². The summed E-state index contributed by atoms with van der Waals surface area (Å²) in [5.74, 6) is -1.11. The Hall–Kier alpha value is -1.43. The Labute approximate surface area is 74.7 Å². The molecule has 6 heteroatoms. The Kier molecular flexibility index (Phi) is 3.39. The standard InChI is InChI=1S/C7H11N3O3/c8-4-2-1-3-5-9-6(7(11)12)10-13-5/h1-4,8H2,(H,11,12). The zero-order valence-corrected chi connectivity index (χ0v) is 7.06. The molecule has 0 radical (unpaired) electrons. The van der Waals surface area contributed by atoms with Crippen LogP contribution in [0.2, 0.25) is 0 Å². The quantitative estimate of drug-likeness (QED) is 0.628. The predicted molar refractivity (Wildman–Crippen MR) is 43.2 cm³/mol. The van der Waals surface area contributed by atoms with Crippen LogP contribution < -0.4 is 5.73 Å². The summed E-state index contributed by atoms with van der Waals surface area (Å²) in [4.78, 5) is 14.0. The lowest BCUT2D eigenvalue weighted by atomic mass is 10.2. The first-order valence-electron chi connectivity index (χ1n) is 4.00. The predicted octanol–water partition coefficient (Wildman–Crippen LogP) is 0.0492. The molecule has 72 valence electrons. The Bertz CT molecular complexity index is 284. The van der Waals surface area contributed by atoms with Crippen LogP contribution in [0.1, 0.15) is 29.4 Å². The summed E-state index contributed by atoms with van der Waals surface area (Å²) >= 11 is 0. The Morgan fingerprint density at radius 2 is 2.31 bits per heavy atom. The van der Waals surface area contributed by atoms with Crippen molar-refractivity contribution in [1.82, 2.24) is 10.1 Å². The minimum Gasteiger partial charge on any atom is -0.475 e. The van der Waals surface area contributed by atoms with E-state index in [4.69, 9.17) is 10.8 Å². The van der Waals surface area contributed by atoms with Crippen molar-refractivity contribution in [2.45, 2.75) is 19.3 Å². The van der Waals surface area contributed by atoms with Gasteiger partial charge in [-0.3, -0.25) is 0 Å². The molecule has 3 N–H and O–H groups in total. The van der Waals surface area contributed by atoms with E-state index in [1.807, 2.05) is 0 Å². The average Bonchev–Trinajstić information content (AvgIpc) is 2.53. The van der Waals surface area contributed by atoms with Gasteiger partial charge >= 0.3 is 5.97 Å². The van der Waals surface area contributed by atoms with Gasteiger partial charge in [-0.15, -0.1) is 0 Å². The molecule has 13 heavy (non-hydrogen) atoms. The first-order valence-corrected chi connectivity index (χ1v) is 4.00. The fourth-order valence-electron chi connectivity index (χ4n) is 0.864. The molecule has 0 atom stereocenters. The molecule has 0 fully saturated rings. The van der Waals surface area contributed by atoms with Gasteiger partial charge in [-0.25, -0.2) is 4.79 Å². The van der Waals surface area contributed by atoms with E-state index in [0.717, 1.165) is 12.8 Å². The third-order valence-electron chi connectivity index (χ3n) is 1.50. The number of aromatic carboxylic acids is 1. The van der Waals surface area contributed by atoms with Gasteiger partial charge in [-0.05, 0) is 24.5 Å². The summed E-state index contributed by atoms with van der Waals surface area (Å²) in [6.07, 6.45) is 2.28. The van der Waals surface area contributed by atoms with E-state index in [1.54, 1.807) is 0 Å². The third-order valence-corrected chi connectivity index (χ3v) is 1.50. The second kappa shape index (κ2) is 4.56. The minimum absolute atomic E-state index is 0.289. The smallest absolute Gasteiger partial charge is 0.377 e. The average molecular weight is 185 g/mol. The molecule has 0 amide bonds. The van der Waals surface area contributed by atoms with Gasteiger partial charge in [0.2, 0.25) is 5.89 Å². The van der Waals surface area contributed by atoms with E-state index in [9.17, 15) is 4.79 Å². The second-order valence-electron chi connectivity index (χ2n) is 2.56. The molecule has 0 saturated carbocycles. The number of rotatable bonds is 5. The lowest BCUT2D eigenvalue weighted by Gasteiger charge is -1.91. The first-order chi connectivity index (χ1) is 6.24. The first kappa shape index (κ1) is 9.66. The largest absolute Gasteiger partial charge is 0.475 e. The highest BCUT2D eigenvalue weighted by Crippen LogP contribution is 2.02. The number of hydrogen-bond donors (Lipinski definition) is 2. The summed E-state index contributed by atoms with van der Waals surface area (Å²) in [6.45, 7) is 0.611. The maximum atomic E-state index is 10.3. The van der Waals surface area contributed by atoms with Gasteiger partial charge in [-0.1, -0.05) is 0 Å². The zero-order valence-electron chi connectivity index (χ0n) is 7.06. The normalized spacial score (nSPS) is 10.2. The summed E-state index contributed by atoms with van der Waals surface area (Å²) in [5.41, 5.74) is 5.29. The molecule has 0 unspecified atom stereocenters. The minimum atomic E-state index is -1.17. The number of carboxylic acids is 1. The highest BCUT2D eigenvalue weighted by Gasteiger charge is 2.11. The van der Waals surface area contributed by atoms with Gasteiger partial charge in [0.25, 0.3) is 5.82 Å². The van der Waals surface area contributed by atoms with Gasteiger partial charge < -0.3 is 15.4 Å². The van der Waals surface area contributed by atoms with E-state index in [1.165, 1.54) is 0 Å². The number of nitrogens with zero attached hydrogens (tertiary/aromatic N) is 2. The number of aryl methyl sites for hydroxylation is 1. The van der Waals surface area contributed by atoms with Crippen molar-refractivity contribution in [3.63, 3.8) is 0 Å². The fourth-order valence-corrected chi connectivity index (χ4v) is 0.864. The highest BCUT2D eigenvalue weighted by atomic mass is 16.5. The molecule has 6 nitrogen and oxygen atoms in total. The van der Waals surface area contributed by atoms with Crippen LogP contribution in [-0.4, -0.2) is 27.8 Å². The van der Waals surface area contributed by atoms with E-state index in [2.05, 4.69) is 14.7 Å². The van der Waals surface area contributed by atoms with Crippen LogP contribution in [0.3, 0.4) is 0 Å². The molecule has 1 aromatic rings. The summed E-state index contributed by atoms with van der Waals surface area (Å²) < 4.78 is 4.69. The fraction of sp³-hybridized carbons (Fsp3) is 0.571. The summed E-state index contributed by atoms with van der Waals surface area (Å²) in [5, 5.41) is 11.7. The van der Waals surface area contributed by atoms with Crippen LogP contribution in [0.15, 0.2) is 4.52 Å². The maximum absolute atomic E-state index is 10.3. The van der Waals surface area contributed by atoms with E-state index in [0.29, 0.717) is 18.9 Å². The summed E-state index contributed by atoms with van der Waals surface area (Å²) in [6, 6.07) is 0. The molecular weight excluding hydrogens is 174 g/mol. The van der Waals surface area contributed by atoms with Gasteiger partial charge in [0.05, 0.1) is 0 Å². The van der Waals surface area contributed by atoms with Crippen LogP contribution >= 0.6 is 0 Å². The molecule has 0 spiro atoms. The molecule has 1 heterocycles. The molecular formula is C7H11N3O3. The van der Waals surface area contributed by atoms with Crippen molar-refractivity contribution in [3.8, 4) is 0 Å². The van der Waals surface area contributed by atoms with Crippen LogP contribution in [-0.2, 0) is 6.42 Å². The molecule has 0 bridgehead atoms. The van der Waals surface area contributed by atoms with Gasteiger partial charge in [0.1, 0.15) is 0 Å². The topological polar surface area (TPSA) is 102 Å². The summed E-state index contributed by atoms with van der Waals surface area (Å²) in [7, 11) is 0. The number of hydrogen-bond acceptors (Lipinski definition) is 5. The van der Waals surface area contributed by atoms with Crippen molar-refractivity contribution >= 4 is 5.97 Å². The van der Waals surface area contributed by atoms with Crippen molar-refractivity contribution in [3.05, 3.63) is 11.7 Å². The van der Waals surface area contributed by atoms with E-state index >= 15 is 0 Å². The van der Waals surface area contributed by atoms with E-state index < -0.39 is 5.97 Å². The monoisotopic (exact) mass is 185 g/mol. The number of carboxylic acid groups (broad SMARTS) is 1. The number of aromatic nitrogens is 2. The van der Waals surface area contributed by atoms with Crippen molar-refractivity contribution in [2.75, 3.05) is 6.54 Å².